The van der Waals surface area contributed by atoms with Gasteiger partial charge >= 0.3 is 0 Å². The minimum atomic E-state index is -0.485. The predicted octanol–water partition coefficient (Wildman–Crippen LogP) is 2.56. The average molecular weight is 313 g/mol. The molecule has 1 fully saturated rings. The van der Waals surface area contributed by atoms with Crippen LogP contribution in [0.2, 0.25) is 0 Å². The summed E-state index contributed by atoms with van der Waals surface area (Å²) in [5, 5.41) is 14.4. The summed E-state index contributed by atoms with van der Waals surface area (Å²) in [6.45, 7) is 1.74. The third-order valence-electron chi connectivity index (χ3n) is 3.02. The van der Waals surface area contributed by atoms with Crippen LogP contribution in [0.1, 0.15) is 28.8 Å². The normalized spacial score (nSPS) is 16.1. The van der Waals surface area contributed by atoms with Crippen molar-refractivity contribution in [2.24, 2.45) is 0 Å². The standard InChI is InChI=1S/C12H13BrN2O3/c1-8-4-9(6-10(5-8)15(17)18)11(16)14-12(7-13)2-3-12/h4-6H,2-3,7H2,1H3,(H,14,16). The molecular weight excluding hydrogens is 300 g/mol. The fraction of sp³-hybridized carbons (Fsp3) is 0.417. The number of carbonyl (C=O) groups is 1. The van der Waals surface area contributed by atoms with Gasteiger partial charge in [-0.15, -0.1) is 0 Å². The van der Waals surface area contributed by atoms with E-state index < -0.39 is 4.92 Å². The molecule has 0 aliphatic heterocycles. The lowest BCUT2D eigenvalue weighted by Gasteiger charge is -2.14. The maximum atomic E-state index is 12.0. The fourth-order valence-corrected chi connectivity index (χ4v) is 2.46. The fourth-order valence-electron chi connectivity index (χ4n) is 1.76. The lowest BCUT2D eigenvalue weighted by atomic mass is 10.1. The van der Waals surface area contributed by atoms with Gasteiger partial charge in [0.1, 0.15) is 0 Å². The van der Waals surface area contributed by atoms with Crippen LogP contribution in [0.15, 0.2) is 18.2 Å². The van der Waals surface area contributed by atoms with Crippen molar-refractivity contribution in [2.75, 3.05) is 5.33 Å². The van der Waals surface area contributed by atoms with Crippen LogP contribution in [0.3, 0.4) is 0 Å². The van der Waals surface area contributed by atoms with Crippen molar-refractivity contribution < 1.29 is 9.72 Å². The van der Waals surface area contributed by atoms with Gasteiger partial charge in [-0.1, -0.05) is 15.9 Å². The van der Waals surface area contributed by atoms with Gasteiger partial charge in [0, 0.05) is 23.0 Å². The summed E-state index contributed by atoms with van der Waals surface area (Å²) in [6.07, 6.45) is 1.88. The summed E-state index contributed by atoms with van der Waals surface area (Å²) in [5.41, 5.74) is 0.839. The molecule has 1 saturated carbocycles. The highest BCUT2D eigenvalue weighted by Crippen LogP contribution is 2.37. The summed E-state index contributed by atoms with van der Waals surface area (Å²) < 4.78 is 0. The Morgan fingerprint density at radius 2 is 2.17 bits per heavy atom. The maximum absolute atomic E-state index is 12.0. The van der Waals surface area contributed by atoms with Crippen LogP contribution in [-0.2, 0) is 0 Å². The van der Waals surface area contributed by atoms with Gasteiger partial charge in [0.15, 0.2) is 0 Å². The lowest BCUT2D eigenvalue weighted by Crippen LogP contribution is -2.38. The second-order valence-electron chi connectivity index (χ2n) is 4.68. The molecule has 0 saturated heterocycles. The molecule has 1 aliphatic rings. The summed E-state index contributed by atoms with van der Waals surface area (Å²) in [7, 11) is 0. The van der Waals surface area contributed by atoms with E-state index >= 15 is 0 Å². The van der Waals surface area contributed by atoms with E-state index in [4.69, 9.17) is 0 Å². The molecule has 1 aromatic carbocycles. The number of nitrogens with one attached hydrogen (secondary N) is 1. The quantitative estimate of drug-likeness (QED) is 0.527. The molecule has 1 aromatic rings. The Hall–Kier alpha value is -1.43. The minimum Gasteiger partial charge on any atom is -0.346 e. The number of alkyl halides is 1. The number of nitro benzene ring substituents is 1. The highest BCUT2D eigenvalue weighted by Gasteiger charge is 2.43. The number of hydrogen-bond donors (Lipinski definition) is 1. The Balaban J connectivity index is 2.22. The van der Waals surface area contributed by atoms with E-state index in [1.807, 2.05) is 0 Å². The molecule has 0 radical (unpaired) electrons. The van der Waals surface area contributed by atoms with Crippen molar-refractivity contribution in [3.05, 3.63) is 39.4 Å². The lowest BCUT2D eigenvalue weighted by molar-refractivity contribution is -0.384. The molecule has 0 bridgehead atoms. The molecule has 1 aliphatic carbocycles. The molecule has 18 heavy (non-hydrogen) atoms. The molecule has 1 amide bonds. The van der Waals surface area contributed by atoms with Crippen molar-refractivity contribution in [3.8, 4) is 0 Å². The van der Waals surface area contributed by atoms with Crippen molar-refractivity contribution in [3.63, 3.8) is 0 Å². The molecule has 0 atom stereocenters. The first-order valence-corrected chi connectivity index (χ1v) is 6.72. The highest BCUT2D eigenvalue weighted by molar-refractivity contribution is 9.09. The summed E-state index contributed by atoms with van der Waals surface area (Å²) in [4.78, 5) is 22.3. The second-order valence-corrected chi connectivity index (χ2v) is 5.24. The average Bonchev–Trinajstić information content (AvgIpc) is 3.08. The summed E-state index contributed by atoms with van der Waals surface area (Å²) in [5.74, 6) is -0.251. The van der Waals surface area contributed by atoms with Gasteiger partial charge in [-0.25, -0.2) is 0 Å². The molecule has 0 unspecified atom stereocenters. The topological polar surface area (TPSA) is 72.2 Å². The molecule has 1 N–H and O–H groups in total. The second kappa shape index (κ2) is 4.68. The first-order valence-electron chi connectivity index (χ1n) is 5.60. The molecule has 5 nitrogen and oxygen atoms in total. The number of non-ortho nitro benzene ring substituents is 1. The molecule has 96 valence electrons. The van der Waals surface area contributed by atoms with E-state index in [1.54, 1.807) is 13.0 Å². The summed E-state index contributed by atoms with van der Waals surface area (Å²) in [6, 6.07) is 4.42. The molecule has 6 heteroatoms. The van der Waals surface area contributed by atoms with Crippen LogP contribution in [0.5, 0.6) is 0 Å². The Morgan fingerprint density at radius 3 is 2.67 bits per heavy atom. The van der Waals surface area contributed by atoms with Gasteiger partial charge in [0.25, 0.3) is 11.6 Å². The number of halogens is 1. The van der Waals surface area contributed by atoms with Crippen molar-refractivity contribution in [1.82, 2.24) is 5.32 Å². The molecule has 2 rings (SSSR count). The van der Waals surface area contributed by atoms with Crippen LogP contribution in [0.25, 0.3) is 0 Å². The molecular formula is C12H13BrN2O3. The van der Waals surface area contributed by atoms with Gasteiger partial charge < -0.3 is 5.32 Å². The van der Waals surface area contributed by atoms with Crippen LogP contribution in [-0.4, -0.2) is 21.7 Å². The third kappa shape index (κ3) is 2.69. The number of amides is 1. The van der Waals surface area contributed by atoms with E-state index in [0.29, 0.717) is 16.5 Å². The van der Waals surface area contributed by atoms with Crippen LogP contribution < -0.4 is 5.32 Å². The van der Waals surface area contributed by atoms with E-state index in [9.17, 15) is 14.9 Å². The molecule has 0 heterocycles. The zero-order valence-electron chi connectivity index (χ0n) is 9.90. The summed E-state index contributed by atoms with van der Waals surface area (Å²) >= 11 is 3.36. The van der Waals surface area contributed by atoms with Gasteiger partial charge in [-0.3, -0.25) is 14.9 Å². The van der Waals surface area contributed by atoms with Crippen molar-refractivity contribution in [1.29, 1.82) is 0 Å². The highest BCUT2D eigenvalue weighted by atomic mass is 79.9. The first-order chi connectivity index (χ1) is 8.46. The number of carbonyl (C=O) groups excluding carboxylic acids is 1. The van der Waals surface area contributed by atoms with Gasteiger partial charge in [-0.2, -0.15) is 0 Å². The zero-order chi connectivity index (χ0) is 13.3. The SMILES string of the molecule is Cc1cc(C(=O)NC2(CBr)CC2)cc([N+](=O)[O-])c1. The largest absolute Gasteiger partial charge is 0.346 e. The predicted molar refractivity (Wildman–Crippen MR) is 71.1 cm³/mol. The van der Waals surface area contributed by atoms with E-state index in [0.717, 1.165) is 12.8 Å². The van der Waals surface area contributed by atoms with E-state index in [2.05, 4.69) is 21.2 Å². The molecule has 0 aromatic heterocycles. The molecule has 0 spiro atoms. The number of rotatable bonds is 4. The first kappa shape index (κ1) is 13.0. The zero-order valence-corrected chi connectivity index (χ0v) is 11.5. The Kier molecular flexibility index (Phi) is 3.38. The van der Waals surface area contributed by atoms with Crippen LogP contribution in [0, 0.1) is 17.0 Å². The number of benzene rings is 1. The van der Waals surface area contributed by atoms with Crippen molar-refractivity contribution in [2.45, 2.75) is 25.3 Å². The Morgan fingerprint density at radius 1 is 1.50 bits per heavy atom. The van der Waals surface area contributed by atoms with Gasteiger partial charge in [0.05, 0.1) is 10.5 Å². The third-order valence-corrected chi connectivity index (χ3v) is 4.10. The van der Waals surface area contributed by atoms with E-state index in [1.165, 1.54) is 12.1 Å². The smallest absolute Gasteiger partial charge is 0.270 e. The maximum Gasteiger partial charge on any atom is 0.270 e. The van der Waals surface area contributed by atoms with Crippen LogP contribution >= 0.6 is 15.9 Å². The van der Waals surface area contributed by atoms with Gasteiger partial charge in [-0.05, 0) is 31.4 Å². The minimum absolute atomic E-state index is 0.0520. The van der Waals surface area contributed by atoms with Gasteiger partial charge in [0.2, 0.25) is 0 Å². The Bertz CT molecular complexity index is 512. The number of aryl methyl sites for hydroxylation is 1. The van der Waals surface area contributed by atoms with Crippen molar-refractivity contribution >= 4 is 27.5 Å². The Labute approximate surface area is 113 Å². The number of nitro groups is 1. The number of nitrogens with zero attached hydrogens (tertiary/aromatic N) is 1. The van der Waals surface area contributed by atoms with Crippen LogP contribution in [0.4, 0.5) is 5.69 Å². The monoisotopic (exact) mass is 312 g/mol. The van der Waals surface area contributed by atoms with E-state index in [-0.39, 0.29) is 17.1 Å². The number of hydrogen-bond acceptors (Lipinski definition) is 3.